The molecule has 0 aliphatic rings. The molecule has 0 N–H and O–H groups in total. The molecule has 2 aromatic rings. The summed E-state index contributed by atoms with van der Waals surface area (Å²) in [5, 5.41) is 8.67. The lowest BCUT2D eigenvalue weighted by molar-refractivity contribution is 1.46. The second-order valence-electron chi connectivity index (χ2n) is 3.47. The Morgan fingerprint density at radius 3 is 2.24 bits per heavy atom. The van der Waals surface area contributed by atoms with Crippen molar-refractivity contribution in [2.75, 3.05) is 0 Å². The first-order valence-electron chi connectivity index (χ1n) is 5.08. The Hall–Kier alpha value is -1.92. The number of nitrogens with zero attached hydrogens (tertiary/aromatic N) is 2. The van der Waals surface area contributed by atoms with E-state index < -0.39 is 0 Å². The minimum Gasteiger partial charge on any atom is -0.256 e. The zero-order valence-corrected chi connectivity index (χ0v) is 10.6. The molecule has 17 heavy (non-hydrogen) atoms. The topological polar surface area (TPSA) is 36.1 Å². The molecule has 2 aromatic carbocycles. The maximum absolute atomic E-state index is 8.67. The zero-order valence-electron chi connectivity index (χ0n) is 8.97. The number of hydrogen-bond acceptors (Lipinski definition) is 2. The summed E-state index contributed by atoms with van der Waals surface area (Å²) in [6.45, 7) is 0. The lowest BCUT2D eigenvalue weighted by Gasteiger charge is -1.95. The quantitative estimate of drug-likeness (QED) is 0.766. The fraction of sp³-hybridized carbons (Fsp3) is 0. The van der Waals surface area contributed by atoms with Crippen LogP contribution in [0.2, 0.25) is 0 Å². The Balaban J connectivity index is 2.14. The van der Waals surface area contributed by atoms with Crippen LogP contribution in [0.15, 0.2) is 58.0 Å². The molecular weight excluding hydrogens is 276 g/mol. The summed E-state index contributed by atoms with van der Waals surface area (Å²) < 4.78 is 1.05. The predicted octanol–water partition coefficient (Wildman–Crippen LogP) is 4.07. The van der Waals surface area contributed by atoms with Gasteiger partial charge in [0.05, 0.1) is 17.3 Å². The van der Waals surface area contributed by atoms with Crippen LogP contribution in [0.25, 0.3) is 0 Å². The first kappa shape index (κ1) is 11.6. The van der Waals surface area contributed by atoms with Crippen LogP contribution < -0.4 is 0 Å². The SMILES string of the molecule is N#Cc1ccc(N=Cc2ccc(Br)cc2)cc1. The normalized spacial score (nSPS) is 10.4. The molecule has 0 atom stereocenters. The molecule has 0 unspecified atom stereocenters. The molecular formula is C14H9BrN2. The molecule has 0 aliphatic carbocycles. The largest absolute Gasteiger partial charge is 0.256 e. The Bertz CT molecular complexity index is 563. The average Bonchev–Trinajstić information content (AvgIpc) is 2.39. The van der Waals surface area contributed by atoms with E-state index in [2.05, 4.69) is 27.0 Å². The summed E-state index contributed by atoms with van der Waals surface area (Å²) >= 11 is 3.38. The van der Waals surface area contributed by atoms with Gasteiger partial charge >= 0.3 is 0 Å². The number of rotatable bonds is 2. The molecule has 0 bridgehead atoms. The fourth-order valence-corrected chi connectivity index (χ4v) is 1.58. The Morgan fingerprint density at radius 1 is 1.00 bits per heavy atom. The van der Waals surface area contributed by atoms with E-state index in [0.29, 0.717) is 5.56 Å². The molecule has 3 heteroatoms. The van der Waals surface area contributed by atoms with Gasteiger partial charge in [0.2, 0.25) is 0 Å². The van der Waals surface area contributed by atoms with E-state index in [1.807, 2.05) is 36.4 Å². The van der Waals surface area contributed by atoms with Crippen molar-refractivity contribution in [3.8, 4) is 6.07 Å². The van der Waals surface area contributed by atoms with Gasteiger partial charge in [-0.1, -0.05) is 28.1 Å². The molecule has 0 saturated heterocycles. The molecule has 82 valence electrons. The van der Waals surface area contributed by atoms with Gasteiger partial charge < -0.3 is 0 Å². The van der Waals surface area contributed by atoms with Gasteiger partial charge in [-0.2, -0.15) is 5.26 Å². The van der Waals surface area contributed by atoms with Gasteiger partial charge in [0.25, 0.3) is 0 Å². The minimum atomic E-state index is 0.646. The number of halogens is 1. The van der Waals surface area contributed by atoms with E-state index in [1.54, 1.807) is 18.3 Å². The van der Waals surface area contributed by atoms with Gasteiger partial charge in [-0.3, -0.25) is 4.99 Å². The summed E-state index contributed by atoms with van der Waals surface area (Å²) in [6, 6.07) is 17.2. The zero-order chi connectivity index (χ0) is 12.1. The van der Waals surface area contributed by atoms with E-state index in [9.17, 15) is 0 Å². The van der Waals surface area contributed by atoms with Gasteiger partial charge in [-0.25, -0.2) is 0 Å². The van der Waals surface area contributed by atoms with Crippen molar-refractivity contribution < 1.29 is 0 Å². The number of nitriles is 1. The van der Waals surface area contributed by atoms with E-state index in [-0.39, 0.29) is 0 Å². The standard InChI is InChI=1S/C14H9BrN2/c15-13-5-1-12(2-6-13)10-17-14-7-3-11(9-16)4-8-14/h1-8,10H. The van der Waals surface area contributed by atoms with Crippen LogP contribution in [0.5, 0.6) is 0 Å². The van der Waals surface area contributed by atoms with Crippen molar-refractivity contribution in [3.05, 3.63) is 64.1 Å². The van der Waals surface area contributed by atoms with Crippen molar-refractivity contribution in [2.24, 2.45) is 4.99 Å². The lowest BCUT2D eigenvalue weighted by Crippen LogP contribution is -1.79. The summed E-state index contributed by atoms with van der Waals surface area (Å²) in [7, 11) is 0. The number of aliphatic imine (C=N–C) groups is 1. The number of benzene rings is 2. The van der Waals surface area contributed by atoms with Crippen molar-refractivity contribution in [1.82, 2.24) is 0 Å². The summed E-state index contributed by atoms with van der Waals surface area (Å²) in [5.74, 6) is 0. The molecule has 0 saturated carbocycles. The van der Waals surface area contributed by atoms with Gasteiger partial charge in [0.1, 0.15) is 0 Å². The molecule has 0 spiro atoms. The van der Waals surface area contributed by atoms with Crippen LogP contribution in [0.1, 0.15) is 11.1 Å². The molecule has 0 aromatic heterocycles. The molecule has 2 rings (SSSR count). The van der Waals surface area contributed by atoms with Crippen LogP contribution in [-0.2, 0) is 0 Å². The molecule has 0 aliphatic heterocycles. The average molecular weight is 285 g/mol. The van der Waals surface area contributed by atoms with Crippen LogP contribution in [0.4, 0.5) is 5.69 Å². The highest BCUT2D eigenvalue weighted by atomic mass is 79.9. The van der Waals surface area contributed by atoms with Crippen LogP contribution in [-0.4, -0.2) is 6.21 Å². The minimum absolute atomic E-state index is 0.646. The molecule has 0 radical (unpaired) electrons. The van der Waals surface area contributed by atoms with Crippen molar-refractivity contribution in [1.29, 1.82) is 5.26 Å². The van der Waals surface area contributed by atoms with Gasteiger partial charge in [0.15, 0.2) is 0 Å². The fourth-order valence-electron chi connectivity index (χ4n) is 1.32. The first-order chi connectivity index (χ1) is 8.28. The van der Waals surface area contributed by atoms with Crippen molar-refractivity contribution >= 4 is 27.8 Å². The van der Waals surface area contributed by atoms with Crippen LogP contribution in [0, 0.1) is 11.3 Å². The van der Waals surface area contributed by atoms with Crippen molar-refractivity contribution in [2.45, 2.75) is 0 Å². The predicted molar refractivity (Wildman–Crippen MR) is 72.6 cm³/mol. The summed E-state index contributed by atoms with van der Waals surface area (Å²) in [4.78, 5) is 4.33. The van der Waals surface area contributed by atoms with E-state index in [4.69, 9.17) is 5.26 Å². The van der Waals surface area contributed by atoms with Crippen LogP contribution >= 0.6 is 15.9 Å². The Kier molecular flexibility index (Phi) is 3.69. The maximum Gasteiger partial charge on any atom is 0.0991 e. The number of hydrogen-bond donors (Lipinski definition) is 0. The maximum atomic E-state index is 8.67. The Morgan fingerprint density at radius 2 is 1.65 bits per heavy atom. The van der Waals surface area contributed by atoms with Crippen LogP contribution in [0.3, 0.4) is 0 Å². The lowest BCUT2D eigenvalue weighted by atomic mass is 10.2. The van der Waals surface area contributed by atoms with Gasteiger partial charge in [-0.15, -0.1) is 0 Å². The third kappa shape index (κ3) is 3.27. The summed E-state index contributed by atoms with van der Waals surface area (Å²) in [5.41, 5.74) is 2.53. The highest BCUT2D eigenvalue weighted by molar-refractivity contribution is 9.10. The molecule has 0 fully saturated rings. The molecule has 2 nitrogen and oxygen atoms in total. The Labute approximate surface area is 108 Å². The summed E-state index contributed by atoms with van der Waals surface area (Å²) in [6.07, 6.45) is 1.80. The first-order valence-corrected chi connectivity index (χ1v) is 5.87. The second-order valence-corrected chi connectivity index (χ2v) is 4.38. The molecule has 0 amide bonds. The monoisotopic (exact) mass is 284 g/mol. The molecule has 0 heterocycles. The highest BCUT2D eigenvalue weighted by Crippen LogP contribution is 2.13. The highest BCUT2D eigenvalue weighted by Gasteiger charge is 1.91. The van der Waals surface area contributed by atoms with E-state index in [0.717, 1.165) is 15.7 Å². The van der Waals surface area contributed by atoms with E-state index in [1.165, 1.54) is 0 Å². The second kappa shape index (κ2) is 5.42. The third-order valence-electron chi connectivity index (χ3n) is 2.23. The van der Waals surface area contributed by atoms with E-state index >= 15 is 0 Å². The smallest absolute Gasteiger partial charge is 0.0991 e. The van der Waals surface area contributed by atoms with Gasteiger partial charge in [0, 0.05) is 10.7 Å². The van der Waals surface area contributed by atoms with Crippen molar-refractivity contribution in [3.63, 3.8) is 0 Å². The third-order valence-corrected chi connectivity index (χ3v) is 2.76. The van der Waals surface area contributed by atoms with Gasteiger partial charge in [-0.05, 0) is 42.0 Å².